The molecule has 88 valence electrons. The zero-order valence-electron chi connectivity index (χ0n) is 9.48. The summed E-state index contributed by atoms with van der Waals surface area (Å²) in [6.07, 6.45) is 7.14. The maximum absolute atomic E-state index is 4.29. The molecule has 0 aromatic carbocycles. The number of fused-ring (bicyclic) bond motifs is 2. The van der Waals surface area contributed by atoms with Crippen molar-refractivity contribution in [2.75, 3.05) is 13.1 Å². The molecule has 2 fully saturated rings. The Labute approximate surface area is 101 Å². The Hall–Kier alpha value is -0.450. The van der Waals surface area contributed by atoms with Gasteiger partial charge in [0.25, 0.3) is 0 Å². The summed E-state index contributed by atoms with van der Waals surface area (Å²) in [4.78, 5) is 4.29. The van der Waals surface area contributed by atoms with Crippen molar-refractivity contribution in [3.63, 3.8) is 0 Å². The Morgan fingerprint density at radius 3 is 3.19 bits per heavy atom. The van der Waals surface area contributed by atoms with Crippen molar-refractivity contribution >= 4 is 11.3 Å². The molecule has 16 heavy (non-hydrogen) atoms. The van der Waals surface area contributed by atoms with Crippen LogP contribution in [0.3, 0.4) is 0 Å². The van der Waals surface area contributed by atoms with Gasteiger partial charge in [0, 0.05) is 36.6 Å². The third-order valence-corrected chi connectivity index (χ3v) is 4.68. The molecule has 2 aliphatic heterocycles. The monoisotopic (exact) mass is 237 g/mol. The standard InChI is InChI=1S/C12H19N3S/c1-2-11-9(7-10(1)15-11)8-13-4-3-12-14-5-6-16-12/h5-6,9-11,13,15H,1-4,7-8H2. The van der Waals surface area contributed by atoms with E-state index in [9.17, 15) is 0 Å². The molecule has 3 nitrogen and oxygen atoms in total. The van der Waals surface area contributed by atoms with Gasteiger partial charge in [0.2, 0.25) is 0 Å². The predicted octanol–water partition coefficient (Wildman–Crippen LogP) is 1.42. The summed E-state index contributed by atoms with van der Waals surface area (Å²) in [5, 5.41) is 10.6. The number of rotatable bonds is 5. The average molecular weight is 237 g/mol. The fraction of sp³-hybridized carbons (Fsp3) is 0.750. The Morgan fingerprint density at radius 1 is 1.50 bits per heavy atom. The third-order valence-electron chi connectivity index (χ3n) is 3.84. The van der Waals surface area contributed by atoms with Gasteiger partial charge in [-0.25, -0.2) is 4.98 Å². The van der Waals surface area contributed by atoms with Crippen molar-refractivity contribution in [2.24, 2.45) is 5.92 Å². The van der Waals surface area contributed by atoms with E-state index in [2.05, 4.69) is 21.0 Å². The first-order valence-corrected chi connectivity index (χ1v) is 7.15. The zero-order chi connectivity index (χ0) is 10.8. The van der Waals surface area contributed by atoms with Crippen LogP contribution in [-0.2, 0) is 6.42 Å². The van der Waals surface area contributed by atoms with E-state index in [1.807, 2.05) is 6.20 Å². The summed E-state index contributed by atoms with van der Waals surface area (Å²) in [6, 6.07) is 1.63. The van der Waals surface area contributed by atoms with Crippen LogP contribution in [0.4, 0.5) is 0 Å². The minimum atomic E-state index is 0.803. The van der Waals surface area contributed by atoms with Crippen molar-refractivity contribution in [3.8, 4) is 0 Å². The maximum Gasteiger partial charge on any atom is 0.0937 e. The number of nitrogens with one attached hydrogen (secondary N) is 2. The van der Waals surface area contributed by atoms with E-state index in [0.717, 1.165) is 31.0 Å². The Balaban J connectivity index is 1.35. The molecular formula is C12H19N3S. The maximum atomic E-state index is 4.29. The van der Waals surface area contributed by atoms with Gasteiger partial charge in [0.05, 0.1) is 5.01 Å². The zero-order valence-corrected chi connectivity index (χ0v) is 10.3. The van der Waals surface area contributed by atoms with Crippen LogP contribution in [0.25, 0.3) is 0 Å². The topological polar surface area (TPSA) is 37.0 Å². The van der Waals surface area contributed by atoms with Crippen molar-refractivity contribution in [1.82, 2.24) is 15.6 Å². The summed E-state index contributed by atoms with van der Waals surface area (Å²) in [6.45, 7) is 2.25. The quantitative estimate of drug-likeness (QED) is 0.760. The summed E-state index contributed by atoms with van der Waals surface area (Å²) < 4.78 is 0. The highest BCUT2D eigenvalue weighted by molar-refractivity contribution is 7.09. The number of aromatic nitrogens is 1. The highest BCUT2D eigenvalue weighted by atomic mass is 32.1. The highest BCUT2D eigenvalue weighted by Gasteiger charge is 2.38. The molecule has 2 saturated heterocycles. The first kappa shape index (κ1) is 10.7. The van der Waals surface area contributed by atoms with E-state index in [1.165, 1.54) is 30.8 Å². The van der Waals surface area contributed by atoms with Gasteiger partial charge in [-0.2, -0.15) is 0 Å². The Kier molecular flexibility index (Phi) is 3.22. The molecular weight excluding hydrogens is 218 g/mol. The second kappa shape index (κ2) is 4.82. The van der Waals surface area contributed by atoms with Crippen molar-refractivity contribution in [1.29, 1.82) is 0 Å². The molecule has 0 saturated carbocycles. The summed E-state index contributed by atoms with van der Waals surface area (Å²) in [7, 11) is 0. The lowest BCUT2D eigenvalue weighted by Gasteiger charge is -2.20. The summed E-state index contributed by atoms with van der Waals surface area (Å²) in [5.41, 5.74) is 0. The molecule has 3 unspecified atom stereocenters. The van der Waals surface area contributed by atoms with Crippen LogP contribution in [0, 0.1) is 5.92 Å². The van der Waals surface area contributed by atoms with Crippen LogP contribution in [-0.4, -0.2) is 30.2 Å². The molecule has 3 rings (SSSR count). The molecule has 1 aromatic rings. The molecule has 0 amide bonds. The third kappa shape index (κ3) is 2.29. The van der Waals surface area contributed by atoms with E-state index >= 15 is 0 Å². The van der Waals surface area contributed by atoms with Gasteiger partial charge >= 0.3 is 0 Å². The molecule has 2 N–H and O–H groups in total. The van der Waals surface area contributed by atoms with Crippen molar-refractivity contribution in [3.05, 3.63) is 16.6 Å². The average Bonchev–Trinajstić information content (AvgIpc) is 3.01. The molecule has 4 heteroatoms. The van der Waals surface area contributed by atoms with E-state index in [4.69, 9.17) is 0 Å². The van der Waals surface area contributed by atoms with Crippen LogP contribution in [0.2, 0.25) is 0 Å². The Morgan fingerprint density at radius 2 is 2.50 bits per heavy atom. The fourth-order valence-electron chi connectivity index (χ4n) is 3.02. The van der Waals surface area contributed by atoms with Gasteiger partial charge in [0.15, 0.2) is 0 Å². The van der Waals surface area contributed by atoms with E-state index in [1.54, 1.807) is 11.3 Å². The van der Waals surface area contributed by atoms with Gasteiger partial charge in [-0.1, -0.05) is 0 Å². The molecule has 3 atom stereocenters. The first-order chi connectivity index (χ1) is 7.92. The van der Waals surface area contributed by atoms with E-state index < -0.39 is 0 Å². The lowest BCUT2D eigenvalue weighted by Crippen LogP contribution is -2.32. The minimum absolute atomic E-state index is 0.803. The largest absolute Gasteiger partial charge is 0.316 e. The number of hydrogen-bond donors (Lipinski definition) is 2. The summed E-state index contributed by atoms with van der Waals surface area (Å²) >= 11 is 1.75. The molecule has 2 bridgehead atoms. The van der Waals surface area contributed by atoms with Gasteiger partial charge < -0.3 is 10.6 Å². The molecule has 3 heterocycles. The first-order valence-electron chi connectivity index (χ1n) is 6.27. The number of hydrogen-bond acceptors (Lipinski definition) is 4. The lowest BCUT2D eigenvalue weighted by atomic mass is 9.89. The summed E-state index contributed by atoms with van der Waals surface area (Å²) in [5.74, 6) is 0.870. The molecule has 0 spiro atoms. The normalized spacial score (nSPS) is 32.4. The predicted molar refractivity (Wildman–Crippen MR) is 66.7 cm³/mol. The molecule has 0 aliphatic carbocycles. The van der Waals surface area contributed by atoms with Gasteiger partial charge in [-0.3, -0.25) is 0 Å². The number of nitrogens with zero attached hydrogens (tertiary/aromatic N) is 1. The van der Waals surface area contributed by atoms with Gasteiger partial charge in [0.1, 0.15) is 0 Å². The van der Waals surface area contributed by atoms with Crippen LogP contribution < -0.4 is 10.6 Å². The van der Waals surface area contributed by atoms with Gasteiger partial charge in [-0.05, 0) is 31.7 Å². The SMILES string of the molecule is c1csc(CCNCC2CC3CCC2N3)n1. The Bertz CT molecular complexity index is 325. The van der Waals surface area contributed by atoms with Crippen LogP contribution in [0.15, 0.2) is 11.6 Å². The minimum Gasteiger partial charge on any atom is -0.316 e. The second-order valence-corrected chi connectivity index (χ2v) is 5.90. The molecule has 1 aromatic heterocycles. The second-order valence-electron chi connectivity index (χ2n) is 4.92. The smallest absolute Gasteiger partial charge is 0.0937 e. The van der Waals surface area contributed by atoms with Crippen LogP contribution in [0.5, 0.6) is 0 Å². The molecule has 2 aliphatic rings. The van der Waals surface area contributed by atoms with E-state index in [-0.39, 0.29) is 0 Å². The highest BCUT2D eigenvalue weighted by Crippen LogP contribution is 2.32. The van der Waals surface area contributed by atoms with Crippen molar-refractivity contribution in [2.45, 2.75) is 37.8 Å². The van der Waals surface area contributed by atoms with Crippen molar-refractivity contribution < 1.29 is 0 Å². The lowest BCUT2D eigenvalue weighted by molar-refractivity contribution is 0.384. The van der Waals surface area contributed by atoms with E-state index in [0.29, 0.717) is 0 Å². The van der Waals surface area contributed by atoms with Gasteiger partial charge in [-0.15, -0.1) is 11.3 Å². The van der Waals surface area contributed by atoms with Crippen LogP contribution in [0.1, 0.15) is 24.3 Å². The number of thiazole rings is 1. The van der Waals surface area contributed by atoms with Crippen LogP contribution >= 0.6 is 11.3 Å². The molecule has 0 radical (unpaired) electrons. The fourth-order valence-corrected chi connectivity index (χ4v) is 3.64.